The van der Waals surface area contributed by atoms with E-state index in [1.54, 1.807) is 0 Å². The van der Waals surface area contributed by atoms with Crippen LogP contribution in [0.2, 0.25) is 0 Å². The summed E-state index contributed by atoms with van der Waals surface area (Å²) in [7, 11) is 1.83. The Balaban J connectivity index is 2.53. The zero-order chi connectivity index (χ0) is 11.9. The molecule has 0 amide bonds. The third-order valence-corrected chi connectivity index (χ3v) is 3.66. The second-order valence-electron chi connectivity index (χ2n) is 5.05. The van der Waals surface area contributed by atoms with Crippen molar-refractivity contribution < 1.29 is 4.74 Å². The number of hydrogen-bond acceptors (Lipinski definition) is 3. The van der Waals surface area contributed by atoms with Crippen LogP contribution in [0, 0.1) is 5.41 Å². The first-order chi connectivity index (χ1) is 7.76. The molecule has 0 aromatic carbocycles. The normalized spacial score (nSPS) is 20.2. The topological polar surface area (TPSA) is 24.5 Å². The van der Waals surface area contributed by atoms with Crippen molar-refractivity contribution in [2.75, 3.05) is 46.4 Å². The van der Waals surface area contributed by atoms with Crippen LogP contribution in [0.5, 0.6) is 0 Å². The second kappa shape index (κ2) is 7.25. The molecule has 0 saturated carbocycles. The molecule has 0 aliphatic carbocycles. The van der Waals surface area contributed by atoms with Crippen molar-refractivity contribution in [3.05, 3.63) is 0 Å². The number of nitrogens with one attached hydrogen (secondary N) is 1. The molecule has 0 bridgehead atoms. The van der Waals surface area contributed by atoms with E-state index in [4.69, 9.17) is 4.74 Å². The standard InChI is InChI=1S/C13H28N2O/c1-4-10-15(5-2)11-13(12-16-3)6-8-14-9-7-13/h14H,4-12H2,1-3H3. The number of nitrogens with zero attached hydrogens (tertiary/aromatic N) is 1. The molecular weight excluding hydrogens is 200 g/mol. The molecule has 3 heteroatoms. The zero-order valence-electron chi connectivity index (χ0n) is 11.2. The Morgan fingerprint density at radius 1 is 1.25 bits per heavy atom. The Hall–Kier alpha value is -0.120. The smallest absolute Gasteiger partial charge is 0.0531 e. The van der Waals surface area contributed by atoms with Crippen LogP contribution in [0.3, 0.4) is 0 Å². The minimum Gasteiger partial charge on any atom is -0.384 e. The molecule has 1 N–H and O–H groups in total. The summed E-state index contributed by atoms with van der Waals surface area (Å²) in [5.74, 6) is 0. The Bertz CT molecular complexity index is 173. The van der Waals surface area contributed by atoms with Gasteiger partial charge < -0.3 is 15.0 Å². The number of hydrogen-bond donors (Lipinski definition) is 1. The monoisotopic (exact) mass is 228 g/mol. The maximum atomic E-state index is 5.45. The molecule has 0 spiro atoms. The van der Waals surface area contributed by atoms with Gasteiger partial charge in [-0.05, 0) is 45.4 Å². The molecule has 96 valence electrons. The molecule has 1 fully saturated rings. The summed E-state index contributed by atoms with van der Waals surface area (Å²) in [6.07, 6.45) is 3.75. The molecule has 1 aliphatic rings. The van der Waals surface area contributed by atoms with E-state index < -0.39 is 0 Å². The molecule has 3 nitrogen and oxygen atoms in total. The van der Waals surface area contributed by atoms with Crippen LogP contribution in [-0.2, 0) is 4.74 Å². The molecule has 0 atom stereocenters. The summed E-state index contributed by atoms with van der Waals surface area (Å²) in [6, 6.07) is 0. The van der Waals surface area contributed by atoms with Crippen LogP contribution in [-0.4, -0.2) is 51.3 Å². The lowest BCUT2D eigenvalue weighted by molar-refractivity contribution is 0.0236. The average Bonchev–Trinajstić information content (AvgIpc) is 2.30. The highest BCUT2D eigenvalue weighted by Crippen LogP contribution is 2.30. The lowest BCUT2D eigenvalue weighted by Crippen LogP contribution is -2.47. The maximum Gasteiger partial charge on any atom is 0.0531 e. The SMILES string of the molecule is CCCN(CC)CC1(COC)CCNCC1. The molecule has 16 heavy (non-hydrogen) atoms. The fourth-order valence-corrected chi connectivity index (χ4v) is 2.75. The van der Waals surface area contributed by atoms with Gasteiger partial charge in [-0.3, -0.25) is 0 Å². The molecule has 1 saturated heterocycles. The van der Waals surface area contributed by atoms with Gasteiger partial charge in [-0.25, -0.2) is 0 Å². The van der Waals surface area contributed by atoms with Gasteiger partial charge >= 0.3 is 0 Å². The van der Waals surface area contributed by atoms with Gasteiger partial charge in [0, 0.05) is 19.1 Å². The summed E-state index contributed by atoms with van der Waals surface area (Å²) >= 11 is 0. The Labute approximate surface area is 101 Å². The van der Waals surface area contributed by atoms with Crippen molar-refractivity contribution in [2.24, 2.45) is 5.41 Å². The van der Waals surface area contributed by atoms with Crippen LogP contribution >= 0.6 is 0 Å². The minimum atomic E-state index is 0.394. The van der Waals surface area contributed by atoms with E-state index in [9.17, 15) is 0 Å². The fourth-order valence-electron chi connectivity index (χ4n) is 2.75. The third kappa shape index (κ3) is 4.04. The Morgan fingerprint density at radius 3 is 2.44 bits per heavy atom. The van der Waals surface area contributed by atoms with Gasteiger partial charge in [-0.1, -0.05) is 13.8 Å². The van der Waals surface area contributed by atoms with E-state index in [1.165, 1.54) is 32.4 Å². The van der Waals surface area contributed by atoms with Crippen molar-refractivity contribution in [3.63, 3.8) is 0 Å². The van der Waals surface area contributed by atoms with E-state index in [-0.39, 0.29) is 0 Å². The highest BCUT2D eigenvalue weighted by molar-refractivity contribution is 4.87. The number of rotatable bonds is 7. The van der Waals surface area contributed by atoms with E-state index in [1.807, 2.05) is 7.11 Å². The fraction of sp³-hybridized carbons (Fsp3) is 1.00. The van der Waals surface area contributed by atoms with Crippen molar-refractivity contribution in [2.45, 2.75) is 33.1 Å². The summed E-state index contributed by atoms with van der Waals surface area (Å²) < 4.78 is 5.45. The predicted molar refractivity (Wildman–Crippen MR) is 68.8 cm³/mol. The summed E-state index contributed by atoms with van der Waals surface area (Å²) in [5.41, 5.74) is 0.394. The summed E-state index contributed by atoms with van der Waals surface area (Å²) in [4.78, 5) is 2.57. The lowest BCUT2D eigenvalue weighted by Gasteiger charge is -2.40. The summed E-state index contributed by atoms with van der Waals surface area (Å²) in [6.45, 7) is 11.3. The first-order valence-corrected chi connectivity index (χ1v) is 6.68. The molecule has 1 aliphatic heterocycles. The van der Waals surface area contributed by atoms with Gasteiger partial charge in [-0.2, -0.15) is 0 Å². The lowest BCUT2D eigenvalue weighted by atomic mass is 9.79. The Morgan fingerprint density at radius 2 is 1.94 bits per heavy atom. The number of ether oxygens (including phenoxy) is 1. The molecule has 0 unspecified atom stereocenters. The molecule has 1 rings (SSSR count). The van der Waals surface area contributed by atoms with E-state index >= 15 is 0 Å². The van der Waals surface area contributed by atoms with Crippen LogP contribution in [0.1, 0.15) is 33.1 Å². The highest BCUT2D eigenvalue weighted by Gasteiger charge is 2.33. The van der Waals surface area contributed by atoms with Gasteiger partial charge in [0.15, 0.2) is 0 Å². The van der Waals surface area contributed by atoms with Crippen LogP contribution in [0.25, 0.3) is 0 Å². The van der Waals surface area contributed by atoms with Gasteiger partial charge in [0.2, 0.25) is 0 Å². The van der Waals surface area contributed by atoms with Gasteiger partial charge in [0.1, 0.15) is 0 Å². The largest absolute Gasteiger partial charge is 0.384 e. The first kappa shape index (κ1) is 13.9. The maximum absolute atomic E-state index is 5.45. The van der Waals surface area contributed by atoms with Crippen LogP contribution in [0.4, 0.5) is 0 Å². The van der Waals surface area contributed by atoms with Gasteiger partial charge in [0.05, 0.1) is 6.61 Å². The Kier molecular flexibility index (Phi) is 6.32. The van der Waals surface area contributed by atoms with Gasteiger partial charge in [-0.15, -0.1) is 0 Å². The second-order valence-corrected chi connectivity index (χ2v) is 5.05. The van der Waals surface area contributed by atoms with Crippen molar-refractivity contribution in [1.29, 1.82) is 0 Å². The highest BCUT2D eigenvalue weighted by atomic mass is 16.5. The molecule has 0 radical (unpaired) electrons. The number of piperidine rings is 1. The van der Waals surface area contributed by atoms with Crippen LogP contribution in [0.15, 0.2) is 0 Å². The predicted octanol–water partition coefficient (Wildman–Crippen LogP) is 1.73. The van der Waals surface area contributed by atoms with E-state index in [0.29, 0.717) is 5.41 Å². The van der Waals surface area contributed by atoms with Gasteiger partial charge in [0.25, 0.3) is 0 Å². The van der Waals surface area contributed by atoms with E-state index in [2.05, 4.69) is 24.1 Å². The average molecular weight is 228 g/mol. The van der Waals surface area contributed by atoms with E-state index in [0.717, 1.165) is 26.2 Å². The van der Waals surface area contributed by atoms with Crippen LogP contribution < -0.4 is 5.32 Å². The molecule has 0 aromatic heterocycles. The zero-order valence-corrected chi connectivity index (χ0v) is 11.2. The minimum absolute atomic E-state index is 0.394. The summed E-state index contributed by atoms with van der Waals surface area (Å²) in [5, 5.41) is 3.45. The number of methoxy groups -OCH3 is 1. The van der Waals surface area contributed by atoms with Crippen molar-refractivity contribution in [3.8, 4) is 0 Å². The van der Waals surface area contributed by atoms with Crippen molar-refractivity contribution >= 4 is 0 Å². The molecule has 0 aromatic rings. The quantitative estimate of drug-likeness (QED) is 0.718. The molecule has 1 heterocycles. The third-order valence-electron chi connectivity index (χ3n) is 3.66. The first-order valence-electron chi connectivity index (χ1n) is 6.68. The van der Waals surface area contributed by atoms with Crippen molar-refractivity contribution in [1.82, 2.24) is 10.2 Å². The molecular formula is C13H28N2O.